The van der Waals surface area contributed by atoms with Gasteiger partial charge < -0.3 is 35.1 Å². The molecule has 1 aromatic heterocycles. The molecule has 5 N–H and O–H groups in total. The van der Waals surface area contributed by atoms with Crippen LogP contribution in [0.15, 0.2) is 41.8 Å². The number of amides is 8. The summed E-state index contributed by atoms with van der Waals surface area (Å²) >= 11 is 1.33. The zero-order valence-corrected chi connectivity index (χ0v) is 46.5. The number of hydrogen-bond donors (Lipinski definition) is 5. The normalized spacial score (nSPS) is 19.1. The summed E-state index contributed by atoms with van der Waals surface area (Å²) in [5, 5.41) is 11.4. The first kappa shape index (κ1) is 61.1. The SMILES string of the molecule is CCCO[C@H](C[C@H](C(C)C)N(CCC)C(=O)[C@@H](NC(=O)[C@H]1CCCCN1C)[C@@H](C)CC)c1nc(C(=O)N[C@H]2Cc3ccccc3[C@H](C(=O)NNC(=O)OCCOCCNC(=O)CCCCCN3C(=O)C=CC3=O)C2)cs1. The van der Waals surface area contributed by atoms with Crippen molar-refractivity contribution in [1.82, 2.24) is 46.5 Å². The van der Waals surface area contributed by atoms with Crippen LogP contribution in [0.1, 0.15) is 157 Å². The second kappa shape index (κ2) is 31.5. The van der Waals surface area contributed by atoms with Gasteiger partial charge in [0.05, 0.1) is 25.2 Å². The van der Waals surface area contributed by atoms with Crippen LogP contribution in [0, 0.1) is 11.8 Å². The number of aromatic nitrogens is 1. The molecule has 3 heterocycles. The fraction of sp³-hybridized carbons (Fsp3) is 0.655. The minimum atomic E-state index is -0.888. The van der Waals surface area contributed by atoms with Crippen molar-refractivity contribution in [3.05, 3.63) is 63.6 Å². The van der Waals surface area contributed by atoms with E-state index in [1.165, 1.54) is 28.4 Å². The average Bonchev–Trinajstić information content (AvgIpc) is 4.03. The lowest BCUT2D eigenvalue weighted by Gasteiger charge is -2.40. The number of unbranched alkanes of at least 4 members (excludes halogenated alkanes) is 2. The van der Waals surface area contributed by atoms with Crippen LogP contribution in [0.25, 0.3) is 0 Å². The van der Waals surface area contributed by atoms with Gasteiger partial charge in [-0.05, 0) is 87.9 Å². The predicted octanol–water partition coefficient (Wildman–Crippen LogP) is 5.48. The second-order valence-corrected chi connectivity index (χ2v) is 21.3. The number of piperidine rings is 1. The molecule has 8 amide bonds. The number of carbonyl (C=O) groups is 8. The van der Waals surface area contributed by atoms with Crippen molar-refractivity contribution in [2.45, 2.75) is 161 Å². The summed E-state index contributed by atoms with van der Waals surface area (Å²) in [6, 6.07) is 5.84. The Balaban J connectivity index is 1.10. The molecule has 1 saturated heterocycles. The zero-order chi connectivity index (χ0) is 55.1. The van der Waals surface area contributed by atoms with Gasteiger partial charge in [-0.3, -0.25) is 48.8 Å². The van der Waals surface area contributed by atoms with Crippen molar-refractivity contribution in [3.8, 4) is 0 Å². The maximum absolute atomic E-state index is 14.8. The number of likely N-dealkylation sites (N-methyl/N-ethyl adjacent to an activating group) is 1. The minimum absolute atomic E-state index is 0.0337. The Kier molecular flexibility index (Phi) is 25.3. The Labute approximate surface area is 452 Å². The Morgan fingerprint density at radius 1 is 0.895 bits per heavy atom. The van der Waals surface area contributed by atoms with Crippen LogP contribution in [0.3, 0.4) is 0 Å². The Hall–Kier alpha value is -5.77. The molecule has 3 aliphatic rings. The number of benzene rings is 1. The number of hydrazine groups is 1. The zero-order valence-electron chi connectivity index (χ0n) is 45.7. The van der Waals surface area contributed by atoms with Gasteiger partial charge in [0.15, 0.2) is 0 Å². The summed E-state index contributed by atoms with van der Waals surface area (Å²) in [4.78, 5) is 114. The molecule has 21 heteroatoms. The van der Waals surface area contributed by atoms with Gasteiger partial charge in [-0.15, -0.1) is 11.3 Å². The monoisotopic (exact) mass is 1080 g/mol. The topological polar surface area (TPSA) is 247 Å². The van der Waals surface area contributed by atoms with E-state index in [1.54, 1.807) is 5.38 Å². The molecule has 2 aliphatic heterocycles. The summed E-state index contributed by atoms with van der Waals surface area (Å²) in [5.41, 5.74) is 6.64. The molecule has 1 aromatic carbocycles. The molecule has 0 spiro atoms. The Morgan fingerprint density at radius 3 is 2.37 bits per heavy atom. The van der Waals surface area contributed by atoms with Gasteiger partial charge in [0, 0.05) is 68.7 Å². The number of imide groups is 1. The third-order valence-electron chi connectivity index (χ3n) is 14.3. The maximum atomic E-state index is 14.8. The van der Waals surface area contributed by atoms with Crippen LogP contribution in [-0.4, -0.2) is 151 Å². The number of nitrogens with zero attached hydrogens (tertiary/aromatic N) is 4. The first-order valence-corrected chi connectivity index (χ1v) is 28.3. The van der Waals surface area contributed by atoms with Crippen LogP contribution < -0.4 is 26.8 Å². The van der Waals surface area contributed by atoms with Crippen molar-refractivity contribution < 1.29 is 52.6 Å². The van der Waals surface area contributed by atoms with E-state index in [9.17, 15) is 38.4 Å². The van der Waals surface area contributed by atoms with Crippen LogP contribution in [-0.2, 0) is 49.4 Å². The average molecular weight is 1080 g/mol. The van der Waals surface area contributed by atoms with Crippen LogP contribution in [0.5, 0.6) is 0 Å². The van der Waals surface area contributed by atoms with E-state index >= 15 is 0 Å². The van der Waals surface area contributed by atoms with Crippen LogP contribution in [0.4, 0.5) is 4.79 Å². The number of rotatable bonds is 30. The van der Waals surface area contributed by atoms with Crippen molar-refractivity contribution >= 4 is 58.8 Å². The van der Waals surface area contributed by atoms with E-state index < -0.39 is 42.0 Å². The quantitative estimate of drug-likeness (QED) is 0.0370. The Bertz CT molecular complexity index is 2280. The molecule has 0 radical (unpaired) electrons. The highest BCUT2D eigenvalue weighted by Gasteiger charge is 2.39. The molecular formula is C55H83N9O11S. The molecule has 5 rings (SSSR count). The largest absolute Gasteiger partial charge is 0.446 e. The molecule has 1 fully saturated rings. The van der Waals surface area contributed by atoms with Crippen molar-refractivity contribution in [2.24, 2.45) is 11.8 Å². The van der Waals surface area contributed by atoms with Gasteiger partial charge in [-0.2, -0.15) is 0 Å². The third-order valence-corrected chi connectivity index (χ3v) is 15.3. The molecule has 420 valence electrons. The molecule has 76 heavy (non-hydrogen) atoms. The van der Waals surface area contributed by atoms with Gasteiger partial charge in [0.2, 0.25) is 23.6 Å². The second-order valence-electron chi connectivity index (χ2n) is 20.4. The fourth-order valence-corrected chi connectivity index (χ4v) is 10.8. The third kappa shape index (κ3) is 18.2. The van der Waals surface area contributed by atoms with Gasteiger partial charge in [0.1, 0.15) is 29.5 Å². The first-order chi connectivity index (χ1) is 36.6. The number of carbonyl (C=O) groups excluding carboxylic acids is 8. The molecule has 2 aromatic rings. The van der Waals surface area contributed by atoms with Gasteiger partial charge in [-0.25, -0.2) is 15.2 Å². The van der Waals surface area contributed by atoms with Gasteiger partial charge >= 0.3 is 6.09 Å². The molecular weight excluding hydrogens is 995 g/mol. The summed E-state index contributed by atoms with van der Waals surface area (Å²) in [7, 11) is 1.97. The molecule has 0 bridgehead atoms. The van der Waals surface area contributed by atoms with Crippen molar-refractivity contribution in [3.63, 3.8) is 0 Å². The van der Waals surface area contributed by atoms with E-state index in [0.29, 0.717) is 63.2 Å². The van der Waals surface area contributed by atoms with Crippen molar-refractivity contribution in [2.75, 3.05) is 59.7 Å². The number of likely N-dealkylation sites (tertiary alicyclic amines) is 1. The first-order valence-electron chi connectivity index (χ1n) is 27.4. The molecule has 0 saturated carbocycles. The molecule has 0 unspecified atom stereocenters. The lowest BCUT2D eigenvalue weighted by molar-refractivity contribution is -0.143. The molecule has 20 nitrogen and oxygen atoms in total. The van der Waals surface area contributed by atoms with Crippen LogP contribution >= 0.6 is 11.3 Å². The van der Waals surface area contributed by atoms with E-state index in [1.807, 2.05) is 63.9 Å². The number of ether oxygens (including phenoxy) is 3. The number of thiazole rings is 1. The fourth-order valence-electron chi connectivity index (χ4n) is 9.92. The van der Waals surface area contributed by atoms with Crippen LogP contribution in [0.2, 0.25) is 0 Å². The smallest absolute Gasteiger partial charge is 0.426 e. The highest BCUT2D eigenvalue weighted by molar-refractivity contribution is 7.09. The summed E-state index contributed by atoms with van der Waals surface area (Å²) in [5.74, 6) is -2.62. The lowest BCUT2D eigenvalue weighted by Crippen LogP contribution is -2.58. The number of hydrogen-bond acceptors (Lipinski definition) is 14. The van der Waals surface area contributed by atoms with Gasteiger partial charge in [-0.1, -0.05) is 85.1 Å². The lowest BCUT2D eigenvalue weighted by atomic mass is 9.79. The van der Waals surface area contributed by atoms with E-state index in [4.69, 9.17) is 19.2 Å². The van der Waals surface area contributed by atoms with E-state index in [0.717, 1.165) is 56.2 Å². The van der Waals surface area contributed by atoms with Gasteiger partial charge in [0.25, 0.3) is 17.7 Å². The molecule has 1 aliphatic carbocycles. The van der Waals surface area contributed by atoms with E-state index in [-0.39, 0.29) is 91.9 Å². The number of nitrogens with one attached hydrogen (secondary N) is 5. The highest BCUT2D eigenvalue weighted by Crippen LogP contribution is 2.34. The Morgan fingerprint density at radius 2 is 1.66 bits per heavy atom. The maximum Gasteiger partial charge on any atom is 0.426 e. The summed E-state index contributed by atoms with van der Waals surface area (Å²) < 4.78 is 17.1. The molecule has 7 atom stereocenters. The number of fused-ring (bicyclic) bond motifs is 1. The standard InChI is InChI=1S/C55H83N9O11S/c1-8-25-63(54(71)49(37(6)10-3)59-52(70)43-20-15-17-26-62(43)7)44(36(4)5)34-45(74-28-9-2)53-58-42(35-76-53)51(69)57-39-32-38-18-13-14-19-40(38)41(33-39)50(68)60-61-55(72)75-31-30-73-29-24-56-46(65)21-12-11-16-27-64-47(66)22-23-48(64)67/h13-14,18-19,22-23,35-37,39,41,43-45,49H,8-12,15-17,20-21,24-34H2,1-7H3,(H,56,65)(H,57,69)(H,59,70)(H,60,68)(H,61,72)/t37-,39-,41+,43+,44+,45+,49-/m0/s1. The van der Waals surface area contributed by atoms with E-state index in [2.05, 4.69) is 45.5 Å². The summed E-state index contributed by atoms with van der Waals surface area (Å²) in [6.45, 7) is 14.8. The predicted molar refractivity (Wildman–Crippen MR) is 288 cm³/mol. The summed E-state index contributed by atoms with van der Waals surface area (Å²) in [6.07, 6.45) is 9.48. The minimum Gasteiger partial charge on any atom is -0.446 e. The van der Waals surface area contributed by atoms with Crippen molar-refractivity contribution in [1.29, 1.82) is 0 Å². The highest BCUT2D eigenvalue weighted by atomic mass is 32.1.